The van der Waals surface area contributed by atoms with Crippen molar-refractivity contribution in [3.8, 4) is 0 Å². The van der Waals surface area contributed by atoms with E-state index in [4.69, 9.17) is 10.6 Å². The van der Waals surface area contributed by atoms with Crippen molar-refractivity contribution in [3.63, 3.8) is 0 Å². The molecule has 0 aromatic carbocycles. The van der Waals surface area contributed by atoms with Gasteiger partial charge in [-0.15, -0.1) is 5.06 Å². The van der Waals surface area contributed by atoms with Crippen molar-refractivity contribution in [2.45, 2.75) is 19.8 Å². The Bertz CT molecular complexity index is 246. The van der Waals surface area contributed by atoms with Gasteiger partial charge in [-0.25, -0.2) is 4.99 Å². The molecule has 72 valence electrons. The predicted molar refractivity (Wildman–Crippen MR) is 44.3 cm³/mol. The first-order chi connectivity index (χ1) is 6.15. The molecule has 0 atom stereocenters. The number of nitrogens with two attached hydrogens (primary N) is 1. The van der Waals surface area contributed by atoms with Gasteiger partial charge >= 0.3 is 6.02 Å². The number of amides is 2. The Kier molecular flexibility index (Phi) is 2.84. The third-order valence-corrected chi connectivity index (χ3v) is 1.50. The van der Waals surface area contributed by atoms with Gasteiger partial charge in [0.2, 0.25) is 0 Å². The third kappa shape index (κ3) is 2.17. The van der Waals surface area contributed by atoms with Crippen LogP contribution in [-0.4, -0.2) is 29.4 Å². The number of aliphatic imine (C=N–C) groups is 1. The summed E-state index contributed by atoms with van der Waals surface area (Å²) in [4.78, 5) is 30.4. The fourth-order valence-corrected chi connectivity index (χ4v) is 0.936. The zero-order valence-corrected chi connectivity index (χ0v) is 7.32. The molecule has 0 aromatic rings. The molecule has 1 aliphatic heterocycles. The molecule has 0 radical (unpaired) electrons. The number of nitrogens with zero attached hydrogens (tertiary/aromatic N) is 2. The zero-order valence-electron chi connectivity index (χ0n) is 7.32. The minimum atomic E-state index is -0.376. The predicted octanol–water partition coefficient (Wildman–Crippen LogP) is -0.598. The highest BCUT2D eigenvalue weighted by Crippen LogP contribution is 2.11. The van der Waals surface area contributed by atoms with E-state index in [0.29, 0.717) is 11.6 Å². The highest BCUT2D eigenvalue weighted by Gasteiger charge is 2.31. The first kappa shape index (κ1) is 9.50. The van der Waals surface area contributed by atoms with Crippen LogP contribution in [0.3, 0.4) is 0 Å². The number of rotatable bonds is 2. The summed E-state index contributed by atoms with van der Waals surface area (Å²) in [6.07, 6.45) is 0.358. The first-order valence-electron chi connectivity index (χ1n) is 3.98. The van der Waals surface area contributed by atoms with Gasteiger partial charge in [-0.3, -0.25) is 9.59 Å². The molecule has 1 saturated heterocycles. The lowest BCUT2D eigenvalue weighted by Crippen LogP contribution is -2.35. The van der Waals surface area contributed by atoms with E-state index in [0.717, 1.165) is 0 Å². The fourth-order valence-electron chi connectivity index (χ4n) is 0.936. The van der Waals surface area contributed by atoms with Crippen molar-refractivity contribution in [3.05, 3.63) is 0 Å². The average Bonchev–Trinajstić information content (AvgIpc) is 2.36. The summed E-state index contributed by atoms with van der Waals surface area (Å²) in [7, 11) is 0. The lowest BCUT2D eigenvalue weighted by atomic mass is 10.4. The summed E-state index contributed by atoms with van der Waals surface area (Å²) in [5.74, 6) is -0.751. The van der Waals surface area contributed by atoms with Crippen LogP contribution in [0.4, 0.5) is 0 Å². The number of carbonyl (C=O) groups is 2. The summed E-state index contributed by atoms with van der Waals surface area (Å²) in [5.41, 5.74) is 5.27. The van der Waals surface area contributed by atoms with Gasteiger partial charge in [0, 0.05) is 19.4 Å². The van der Waals surface area contributed by atoms with Crippen molar-refractivity contribution in [1.82, 2.24) is 5.06 Å². The average molecular weight is 185 g/mol. The van der Waals surface area contributed by atoms with Crippen LogP contribution < -0.4 is 5.73 Å². The second-order valence-electron chi connectivity index (χ2n) is 2.49. The summed E-state index contributed by atoms with van der Waals surface area (Å²) >= 11 is 0. The third-order valence-electron chi connectivity index (χ3n) is 1.50. The molecule has 1 fully saturated rings. The van der Waals surface area contributed by atoms with Crippen LogP contribution in [0.25, 0.3) is 0 Å². The second-order valence-corrected chi connectivity index (χ2v) is 2.49. The molecule has 6 heteroatoms. The summed E-state index contributed by atoms with van der Waals surface area (Å²) < 4.78 is 0. The van der Waals surface area contributed by atoms with Crippen LogP contribution in [0.15, 0.2) is 4.99 Å². The van der Waals surface area contributed by atoms with Gasteiger partial charge in [-0.05, 0) is 6.92 Å². The van der Waals surface area contributed by atoms with Crippen LogP contribution in [0.2, 0.25) is 0 Å². The van der Waals surface area contributed by atoms with Gasteiger partial charge in [-0.1, -0.05) is 0 Å². The van der Waals surface area contributed by atoms with E-state index in [1.54, 1.807) is 6.92 Å². The molecule has 1 heterocycles. The van der Waals surface area contributed by atoms with Crippen molar-refractivity contribution < 1.29 is 14.4 Å². The van der Waals surface area contributed by atoms with Crippen LogP contribution in [0.1, 0.15) is 19.8 Å². The highest BCUT2D eigenvalue weighted by molar-refractivity contribution is 6.01. The molecule has 2 N–H and O–H groups in total. The van der Waals surface area contributed by atoms with Crippen molar-refractivity contribution in [2.75, 3.05) is 6.54 Å². The van der Waals surface area contributed by atoms with Gasteiger partial charge in [0.05, 0.1) is 0 Å². The Morgan fingerprint density at radius 2 is 2.08 bits per heavy atom. The van der Waals surface area contributed by atoms with Crippen LogP contribution >= 0.6 is 0 Å². The molecule has 1 aliphatic rings. The van der Waals surface area contributed by atoms with E-state index >= 15 is 0 Å². The largest absolute Gasteiger partial charge is 0.352 e. The van der Waals surface area contributed by atoms with Gasteiger partial charge < -0.3 is 10.6 Å². The maximum absolute atomic E-state index is 11.0. The molecule has 0 aromatic heterocycles. The molecule has 6 nitrogen and oxygen atoms in total. The summed E-state index contributed by atoms with van der Waals surface area (Å²) in [6.45, 7) is 2.21. The number of imide groups is 1. The van der Waals surface area contributed by atoms with Gasteiger partial charge in [0.15, 0.2) is 0 Å². The second kappa shape index (κ2) is 3.88. The quantitative estimate of drug-likeness (QED) is 0.353. The highest BCUT2D eigenvalue weighted by atomic mass is 16.7. The number of hydrogen-bond acceptors (Lipinski definition) is 4. The molecule has 1 rings (SSSR count). The Balaban J connectivity index is 2.57. The van der Waals surface area contributed by atoms with Crippen LogP contribution in [0, 0.1) is 0 Å². The Morgan fingerprint density at radius 1 is 1.54 bits per heavy atom. The monoisotopic (exact) mass is 185 g/mol. The number of amidine groups is 1. The maximum atomic E-state index is 11.0. The minimum Gasteiger partial charge on any atom is -0.352 e. The molecule has 0 unspecified atom stereocenters. The van der Waals surface area contributed by atoms with Gasteiger partial charge in [0.25, 0.3) is 11.8 Å². The molecule has 13 heavy (non-hydrogen) atoms. The standard InChI is InChI=1S/C7H11N3O3/c1-2-9-7(8)13-10-5(11)3-4-6(10)12/h2-4H2,1H3,(H2,8,9). The van der Waals surface area contributed by atoms with E-state index in [-0.39, 0.29) is 30.7 Å². The number of hydroxylamine groups is 2. The first-order valence-corrected chi connectivity index (χ1v) is 3.98. The Labute approximate surface area is 75.3 Å². The van der Waals surface area contributed by atoms with Crippen LogP contribution in [-0.2, 0) is 14.4 Å². The van der Waals surface area contributed by atoms with Crippen molar-refractivity contribution in [2.24, 2.45) is 10.7 Å². The molecular formula is C7H11N3O3. The van der Waals surface area contributed by atoms with E-state index in [9.17, 15) is 9.59 Å². The van der Waals surface area contributed by atoms with Crippen molar-refractivity contribution in [1.29, 1.82) is 0 Å². The van der Waals surface area contributed by atoms with E-state index in [1.807, 2.05) is 0 Å². The smallest absolute Gasteiger partial charge is 0.310 e. The minimum absolute atomic E-state index is 0.161. The molecule has 0 aliphatic carbocycles. The molecule has 0 saturated carbocycles. The van der Waals surface area contributed by atoms with Gasteiger partial charge in [-0.2, -0.15) is 0 Å². The lowest BCUT2D eigenvalue weighted by molar-refractivity contribution is -0.167. The zero-order chi connectivity index (χ0) is 9.84. The maximum Gasteiger partial charge on any atom is 0.310 e. The number of carbonyl (C=O) groups excluding carboxylic acids is 2. The number of hydrogen-bond donors (Lipinski definition) is 1. The lowest BCUT2D eigenvalue weighted by Gasteiger charge is -2.12. The van der Waals surface area contributed by atoms with E-state index in [2.05, 4.69) is 4.99 Å². The topological polar surface area (TPSA) is 85.0 Å². The SMILES string of the molecule is CCN=C(N)ON1C(=O)CCC1=O. The fraction of sp³-hybridized carbons (Fsp3) is 0.571. The van der Waals surface area contributed by atoms with Gasteiger partial charge in [0.1, 0.15) is 0 Å². The Hall–Kier alpha value is -1.59. The van der Waals surface area contributed by atoms with E-state index < -0.39 is 0 Å². The summed E-state index contributed by atoms with van der Waals surface area (Å²) in [6, 6.07) is -0.161. The van der Waals surface area contributed by atoms with E-state index in [1.165, 1.54) is 0 Å². The molecular weight excluding hydrogens is 174 g/mol. The molecule has 0 bridgehead atoms. The molecule has 0 spiro atoms. The van der Waals surface area contributed by atoms with Crippen molar-refractivity contribution >= 4 is 17.8 Å². The normalized spacial score (nSPS) is 18.2. The van der Waals surface area contributed by atoms with Crippen LogP contribution in [0.5, 0.6) is 0 Å². The summed E-state index contributed by atoms with van der Waals surface area (Å²) in [5, 5.41) is 0.661. The molecule has 2 amide bonds. The Morgan fingerprint density at radius 3 is 2.54 bits per heavy atom.